The Balaban J connectivity index is 1.15. The van der Waals surface area contributed by atoms with Crippen LogP contribution in [0, 0.1) is 23.1 Å². The molecule has 2 atom stereocenters. The molecule has 0 aliphatic heterocycles. The minimum Gasteiger partial charge on any atom is -0.493 e. The largest absolute Gasteiger partial charge is 0.493 e. The molecular weight excluding hydrogens is 559 g/mol. The number of ether oxygens (including phenoxy) is 3. The van der Waals surface area contributed by atoms with Crippen molar-refractivity contribution < 1.29 is 28.2 Å². The van der Waals surface area contributed by atoms with E-state index in [1.54, 1.807) is 30.5 Å². The van der Waals surface area contributed by atoms with E-state index in [2.05, 4.69) is 20.6 Å². The first-order chi connectivity index (χ1) is 20.2. The fraction of sp³-hybridized carbons (Fsp3) is 0.226. The normalized spacial score (nSPS) is 17.1. The lowest BCUT2D eigenvalue weighted by Gasteiger charge is -2.13. The Bertz CT molecular complexity index is 1820. The van der Waals surface area contributed by atoms with Crippen LogP contribution in [-0.4, -0.2) is 36.0 Å². The predicted molar refractivity (Wildman–Crippen MR) is 159 cm³/mol. The third-order valence-electron chi connectivity index (χ3n) is 7.54. The highest BCUT2D eigenvalue weighted by Crippen LogP contribution is 2.59. The second kappa shape index (κ2) is 10.6. The van der Waals surface area contributed by atoms with Crippen molar-refractivity contribution in [3.05, 3.63) is 72.7 Å². The number of aromatic nitrogens is 2. The number of carbonyl (C=O) groups is 2. The molecular formula is C31H27FN4O5S. The summed E-state index contributed by atoms with van der Waals surface area (Å²) >= 11 is 1.38. The Hall–Kier alpha value is -4.77. The topological polar surface area (TPSA) is 112 Å². The molecule has 2 N–H and O–H groups in total. The van der Waals surface area contributed by atoms with E-state index >= 15 is 4.39 Å². The van der Waals surface area contributed by atoms with Gasteiger partial charge in [0.25, 0.3) is 0 Å². The molecule has 6 rings (SSSR count). The number of hydrogen-bond acceptors (Lipinski definition) is 8. The van der Waals surface area contributed by atoms with E-state index < -0.39 is 23.1 Å². The van der Waals surface area contributed by atoms with E-state index in [4.69, 9.17) is 14.2 Å². The van der Waals surface area contributed by atoms with E-state index in [1.165, 1.54) is 37.7 Å². The molecule has 9 nitrogen and oxygen atoms in total. The van der Waals surface area contributed by atoms with Gasteiger partial charge in [0.2, 0.25) is 11.8 Å². The number of carbonyl (C=O) groups excluding carboxylic acids is 2. The Morgan fingerprint density at radius 1 is 0.857 bits per heavy atom. The SMILES string of the molecule is COc1cc2nccc(Oc3ccc(NC(=O)[C@@H]4[C@H](C(=O)Nc5nc6ccccc6s5)C4(C)C)cc3F)c2cc1OC. The van der Waals surface area contributed by atoms with Gasteiger partial charge in [0.1, 0.15) is 5.75 Å². The van der Waals surface area contributed by atoms with Gasteiger partial charge in [0, 0.05) is 29.4 Å². The van der Waals surface area contributed by atoms with Gasteiger partial charge in [-0.2, -0.15) is 0 Å². The zero-order chi connectivity index (χ0) is 29.6. The molecule has 42 heavy (non-hydrogen) atoms. The van der Waals surface area contributed by atoms with Crippen LogP contribution >= 0.6 is 11.3 Å². The monoisotopic (exact) mass is 586 g/mol. The van der Waals surface area contributed by atoms with Gasteiger partial charge < -0.3 is 24.8 Å². The summed E-state index contributed by atoms with van der Waals surface area (Å²) in [6, 6.07) is 16.8. The molecule has 11 heteroatoms. The average molecular weight is 587 g/mol. The van der Waals surface area contributed by atoms with Gasteiger partial charge in [-0.15, -0.1) is 0 Å². The molecule has 2 amide bonds. The van der Waals surface area contributed by atoms with Crippen LogP contribution in [0.1, 0.15) is 13.8 Å². The fourth-order valence-electron chi connectivity index (χ4n) is 5.26. The van der Waals surface area contributed by atoms with Crippen LogP contribution in [0.25, 0.3) is 21.1 Å². The maximum Gasteiger partial charge on any atom is 0.230 e. The van der Waals surface area contributed by atoms with Crippen molar-refractivity contribution in [1.29, 1.82) is 0 Å². The van der Waals surface area contributed by atoms with E-state index in [0.29, 0.717) is 33.3 Å². The van der Waals surface area contributed by atoms with Crippen molar-refractivity contribution in [2.75, 3.05) is 24.9 Å². The molecule has 0 spiro atoms. The quantitative estimate of drug-likeness (QED) is 0.210. The average Bonchev–Trinajstić information content (AvgIpc) is 3.33. The van der Waals surface area contributed by atoms with Crippen molar-refractivity contribution in [1.82, 2.24) is 9.97 Å². The Morgan fingerprint density at radius 2 is 1.57 bits per heavy atom. The Kier molecular flexibility index (Phi) is 6.90. The standard InChI is InChI=1S/C31H27FN4O5S/c1-31(2)26(27(31)29(38)36-30-35-19-7-5-6-8-25(19)42-30)28(37)34-16-9-10-22(18(32)13-16)41-21-11-12-33-20-15-24(40-4)23(39-3)14-17(20)21/h5-15,26-27H,1-4H3,(H,34,37)(H,35,36,38)/t26-,27+/m0/s1. The highest BCUT2D eigenvalue weighted by atomic mass is 32.1. The minimum atomic E-state index is -0.668. The zero-order valence-corrected chi connectivity index (χ0v) is 24.0. The van der Waals surface area contributed by atoms with Gasteiger partial charge in [-0.05, 0) is 41.8 Å². The molecule has 2 aromatic heterocycles. The summed E-state index contributed by atoms with van der Waals surface area (Å²) in [5, 5.41) is 6.70. The van der Waals surface area contributed by atoms with Crippen molar-refractivity contribution >= 4 is 55.1 Å². The molecule has 2 heterocycles. The highest BCUT2D eigenvalue weighted by molar-refractivity contribution is 7.22. The molecule has 0 saturated heterocycles. The van der Waals surface area contributed by atoms with E-state index in [-0.39, 0.29) is 23.3 Å². The smallest absolute Gasteiger partial charge is 0.230 e. The summed E-state index contributed by atoms with van der Waals surface area (Å²) in [6.07, 6.45) is 1.55. The third kappa shape index (κ3) is 4.96. The number of benzene rings is 3. The van der Waals surface area contributed by atoms with Crippen LogP contribution in [0.4, 0.5) is 15.2 Å². The number of para-hydroxylation sites is 1. The van der Waals surface area contributed by atoms with Crippen LogP contribution in [0.15, 0.2) is 66.9 Å². The minimum absolute atomic E-state index is 0.0323. The van der Waals surface area contributed by atoms with E-state index in [9.17, 15) is 9.59 Å². The maximum atomic E-state index is 15.1. The molecule has 1 saturated carbocycles. The first-order valence-electron chi connectivity index (χ1n) is 13.1. The summed E-state index contributed by atoms with van der Waals surface area (Å²) in [4.78, 5) is 35.0. The lowest BCUT2D eigenvalue weighted by Crippen LogP contribution is -2.20. The molecule has 1 aliphatic rings. The summed E-state index contributed by atoms with van der Waals surface area (Å²) < 4.78 is 32.7. The molecule has 214 valence electrons. The number of pyridine rings is 1. The number of amides is 2. The van der Waals surface area contributed by atoms with Crippen molar-refractivity contribution in [2.24, 2.45) is 17.3 Å². The Labute approximate surface area is 244 Å². The van der Waals surface area contributed by atoms with E-state index in [1.807, 2.05) is 38.1 Å². The molecule has 0 unspecified atom stereocenters. The number of nitrogens with zero attached hydrogens (tertiary/aromatic N) is 2. The van der Waals surface area contributed by atoms with Crippen LogP contribution in [0.2, 0.25) is 0 Å². The third-order valence-corrected chi connectivity index (χ3v) is 8.49. The van der Waals surface area contributed by atoms with Gasteiger partial charge in [-0.3, -0.25) is 14.6 Å². The second-order valence-electron chi connectivity index (χ2n) is 10.5. The zero-order valence-electron chi connectivity index (χ0n) is 23.2. The second-order valence-corrected chi connectivity index (χ2v) is 11.6. The maximum absolute atomic E-state index is 15.1. The summed E-state index contributed by atoms with van der Waals surface area (Å²) in [7, 11) is 3.05. The van der Waals surface area contributed by atoms with Gasteiger partial charge in [0.15, 0.2) is 28.2 Å². The molecule has 1 fully saturated rings. The summed E-state index contributed by atoms with van der Waals surface area (Å²) in [5.41, 5.74) is 1.07. The number of methoxy groups -OCH3 is 2. The molecule has 1 aliphatic carbocycles. The number of thiazole rings is 1. The molecule has 0 radical (unpaired) electrons. The van der Waals surface area contributed by atoms with Gasteiger partial charge in [0.05, 0.1) is 41.8 Å². The number of fused-ring (bicyclic) bond motifs is 2. The Morgan fingerprint density at radius 3 is 2.29 bits per heavy atom. The number of anilines is 2. The fourth-order valence-corrected chi connectivity index (χ4v) is 6.13. The number of rotatable bonds is 8. The molecule has 5 aromatic rings. The highest BCUT2D eigenvalue weighted by Gasteiger charge is 2.65. The van der Waals surface area contributed by atoms with Crippen molar-refractivity contribution in [3.63, 3.8) is 0 Å². The molecule has 0 bridgehead atoms. The summed E-state index contributed by atoms with van der Waals surface area (Å²) in [5.74, 6) is -1.10. The van der Waals surface area contributed by atoms with Gasteiger partial charge in [-0.1, -0.05) is 37.3 Å². The number of halogens is 1. The lowest BCUT2D eigenvalue weighted by molar-refractivity contribution is -0.122. The van der Waals surface area contributed by atoms with Crippen LogP contribution in [0.5, 0.6) is 23.0 Å². The van der Waals surface area contributed by atoms with Crippen LogP contribution < -0.4 is 24.8 Å². The lowest BCUT2D eigenvalue weighted by atomic mass is 10.1. The first-order valence-corrected chi connectivity index (χ1v) is 14.0. The van der Waals surface area contributed by atoms with Gasteiger partial charge in [-0.25, -0.2) is 9.37 Å². The predicted octanol–water partition coefficient (Wildman–Crippen LogP) is 6.64. The molecule has 3 aromatic carbocycles. The number of hydrogen-bond donors (Lipinski definition) is 2. The van der Waals surface area contributed by atoms with Crippen molar-refractivity contribution in [3.8, 4) is 23.0 Å². The van der Waals surface area contributed by atoms with Gasteiger partial charge >= 0.3 is 0 Å². The van der Waals surface area contributed by atoms with E-state index in [0.717, 1.165) is 10.2 Å². The number of nitrogens with one attached hydrogen (secondary N) is 2. The summed E-state index contributed by atoms with van der Waals surface area (Å²) in [6.45, 7) is 3.72. The van der Waals surface area contributed by atoms with Crippen LogP contribution in [0.3, 0.4) is 0 Å². The van der Waals surface area contributed by atoms with Crippen LogP contribution in [-0.2, 0) is 9.59 Å². The first kappa shape index (κ1) is 27.4. The van der Waals surface area contributed by atoms with Crippen molar-refractivity contribution in [2.45, 2.75) is 13.8 Å².